The predicted molar refractivity (Wildman–Crippen MR) is 96.3 cm³/mol. The normalized spacial score (nSPS) is 12.7. The molecule has 1 heterocycles. The van der Waals surface area contributed by atoms with Crippen molar-refractivity contribution in [2.75, 3.05) is 6.54 Å². The van der Waals surface area contributed by atoms with Crippen LogP contribution in [0.3, 0.4) is 0 Å². The van der Waals surface area contributed by atoms with Crippen LogP contribution in [0.1, 0.15) is 30.5 Å². The zero-order chi connectivity index (χ0) is 14.7. The summed E-state index contributed by atoms with van der Waals surface area (Å²) in [6, 6.07) is 7.69. The fraction of sp³-hybridized carbons (Fsp3) is 0.286. The van der Waals surface area contributed by atoms with Gasteiger partial charge in [0.2, 0.25) is 0 Å². The molecule has 1 N–H and O–H groups in total. The van der Waals surface area contributed by atoms with Crippen molar-refractivity contribution in [2.45, 2.75) is 19.4 Å². The number of thiophene rings is 1. The highest BCUT2D eigenvalue weighted by atomic mass is 79.9. The average Bonchev–Trinajstić information content (AvgIpc) is 2.72. The van der Waals surface area contributed by atoms with Crippen LogP contribution < -0.4 is 5.32 Å². The van der Waals surface area contributed by atoms with E-state index in [1.54, 1.807) is 11.3 Å². The van der Waals surface area contributed by atoms with Crippen LogP contribution in [0.15, 0.2) is 31.8 Å². The minimum absolute atomic E-state index is 0.0203. The van der Waals surface area contributed by atoms with Crippen LogP contribution in [-0.4, -0.2) is 6.54 Å². The summed E-state index contributed by atoms with van der Waals surface area (Å²) in [7, 11) is 0. The summed E-state index contributed by atoms with van der Waals surface area (Å²) in [5, 5.41) is 4.89. The molecular weight excluding hydrogens is 445 g/mol. The van der Waals surface area contributed by atoms with Crippen molar-refractivity contribution >= 4 is 66.4 Å². The maximum absolute atomic E-state index is 6.36. The largest absolute Gasteiger partial charge is 0.306 e. The molecule has 0 saturated carbocycles. The van der Waals surface area contributed by atoms with Crippen LogP contribution in [-0.2, 0) is 0 Å². The molecule has 2 rings (SSSR count). The first-order valence-electron chi connectivity index (χ1n) is 6.16. The third-order valence-electron chi connectivity index (χ3n) is 2.88. The predicted octanol–water partition coefficient (Wildman–Crippen LogP) is 6.67. The van der Waals surface area contributed by atoms with E-state index in [-0.39, 0.29) is 6.04 Å². The Labute approximate surface area is 149 Å². The van der Waals surface area contributed by atoms with Gasteiger partial charge in [0.25, 0.3) is 0 Å². The first-order valence-corrected chi connectivity index (χ1v) is 9.32. The third kappa shape index (κ3) is 3.79. The van der Waals surface area contributed by atoms with Gasteiger partial charge in [-0.1, -0.05) is 36.2 Å². The summed E-state index contributed by atoms with van der Waals surface area (Å²) in [6.45, 7) is 3.03. The Kier molecular flexibility index (Phi) is 6.39. The first kappa shape index (κ1) is 16.8. The van der Waals surface area contributed by atoms with E-state index < -0.39 is 0 Å². The average molecular weight is 458 g/mol. The van der Waals surface area contributed by atoms with E-state index in [0.717, 1.165) is 31.7 Å². The van der Waals surface area contributed by atoms with E-state index in [1.807, 2.05) is 18.2 Å². The summed E-state index contributed by atoms with van der Waals surface area (Å²) in [5.41, 5.74) is 2.07. The molecule has 2 aromatic rings. The van der Waals surface area contributed by atoms with Gasteiger partial charge in [-0.3, -0.25) is 0 Å². The fourth-order valence-corrected chi connectivity index (χ4v) is 5.51. The third-order valence-corrected chi connectivity index (χ3v) is 5.93. The van der Waals surface area contributed by atoms with E-state index in [9.17, 15) is 0 Å². The lowest BCUT2D eigenvalue weighted by molar-refractivity contribution is 0.599. The Bertz CT molecular complexity index is 581. The maximum Gasteiger partial charge on any atom is 0.0761 e. The smallest absolute Gasteiger partial charge is 0.0761 e. The van der Waals surface area contributed by atoms with Gasteiger partial charge in [0.05, 0.1) is 13.6 Å². The standard InChI is InChI=1S/C14H13Br2Cl2NS/c1-2-6-19-13(8-7-11(15)20-14(8)16)12-9(17)4-3-5-10(12)18/h3-5,7,13,19H,2,6H2,1H3. The number of rotatable bonds is 5. The van der Waals surface area contributed by atoms with Gasteiger partial charge in [0.15, 0.2) is 0 Å². The van der Waals surface area contributed by atoms with Gasteiger partial charge in [-0.2, -0.15) is 0 Å². The van der Waals surface area contributed by atoms with Crippen LogP contribution in [0.4, 0.5) is 0 Å². The number of benzene rings is 1. The van der Waals surface area contributed by atoms with Gasteiger partial charge >= 0.3 is 0 Å². The summed E-state index contributed by atoms with van der Waals surface area (Å²) in [5.74, 6) is 0. The minimum Gasteiger partial charge on any atom is -0.306 e. The SMILES string of the molecule is CCCNC(c1cc(Br)sc1Br)c1c(Cl)cccc1Cl. The lowest BCUT2D eigenvalue weighted by Crippen LogP contribution is -2.23. The molecule has 108 valence electrons. The Morgan fingerprint density at radius 1 is 1.25 bits per heavy atom. The van der Waals surface area contributed by atoms with Gasteiger partial charge in [-0.05, 0) is 68.6 Å². The molecule has 0 amide bonds. The summed E-state index contributed by atoms with van der Waals surface area (Å²) >= 11 is 21.5. The molecular formula is C14H13Br2Cl2NS. The summed E-state index contributed by atoms with van der Waals surface area (Å²) in [4.78, 5) is 0. The van der Waals surface area contributed by atoms with Crippen molar-refractivity contribution < 1.29 is 0 Å². The van der Waals surface area contributed by atoms with E-state index in [1.165, 1.54) is 0 Å². The van der Waals surface area contributed by atoms with Crippen molar-refractivity contribution in [3.05, 3.63) is 53.0 Å². The molecule has 1 nitrogen and oxygen atoms in total. The second kappa shape index (κ2) is 7.61. The van der Waals surface area contributed by atoms with E-state index >= 15 is 0 Å². The summed E-state index contributed by atoms with van der Waals surface area (Å²) in [6.07, 6.45) is 1.04. The molecule has 1 aromatic heterocycles. The molecule has 0 bridgehead atoms. The number of hydrogen-bond donors (Lipinski definition) is 1. The van der Waals surface area contributed by atoms with Crippen molar-refractivity contribution in [3.8, 4) is 0 Å². The van der Waals surface area contributed by atoms with Crippen molar-refractivity contribution in [1.82, 2.24) is 5.32 Å². The number of nitrogens with one attached hydrogen (secondary N) is 1. The van der Waals surface area contributed by atoms with Gasteiger partial charge in [0, 0.05) is 15.6 Å². The van der Waals surface area contributed by atoms with Crippen LogP contribution in [0.5, 0.6) is 0 Å². The molecule has 6 heteroatoms. The van der Waals surface area contributed by atoms with E-state index in [2.05, 4.69) is 50.2 Å². The van der Waals surface area contributed by atoms with Gasteiger partial charge in [-0.25, -0.2) is 0 Å². The van der Waals surface area contributed by atoms with E-state index in [0.29, 0.717) is 10.0 Å². The molecule has 20 heavy (non-hydrogen) atoms. The molecule has 0 aliphatic rings. The van der Waals surface area contributed by atoms with Crippen molar-refractivity contribution in [1.29, 1.82) is 0 Å². The zero-order valence-corrected chi connectivity index (χ0v) is 16.2. The molecule has 0 aliphatic carbocycles. The molecule has 0 spiro atoms. The summed E-state index contributed by atoms with van der Waals surface area (Å²) < 4.78 is 2.15. The molecule has 1 aromatic carbocycles. The monoisotopic (exact) mass is 455 g/mol. The first-order chi connectivity index (χ1) is 9.54. The zero-order valence-electron chi connectivity index (χ0n) is 10.7. The van der Waals surface area contributed by atoms with Gasteiger partial charge in [0.1, 0.15) is 0 Å². The Balaban J connectivity index is 2.50. The Morgan fingerprint density at radius 2 is 1.90 bits per heavy atom. The minimum atomic E-state index is -0.0203. The molecule has 0 fully saturated rings. The highest BCUT2D eigenvalue weighted by Gasteiger charge is 2.23. The Morgan fingerprint density at radius 3 is 2.40 bits per heavy atom. The number of hydrogen-bond acceptors (Lipinski definition) is 2. The van der Waals surface area contributed by atoms with Crippen LogP contribution in [0.2, 0.25) is 10.0 Å². The second-order valence-corrected chi connectivity index (χ2v) is 8.87. The highest BCUT2D eigenvalue weighted by Crippen LogP contribution is 2.41. The molecule has 0 radical (unpaired) electrons. The molecule has 0 saturated heterocycles. The van der Waals surface area contributed by atoms with Crippen LogP contribution in [0.25, 0.3) is 0 Å². The molecule has 1 atom stereocenters. The number of halogens is 4. The van der Waals surface area contributed by atoms with Gasteiger partial charge < -0.3 is 5.32 Å². The Hall–Kier alpha value is 0.420. The van der Waals surface area contributed by atoms with Crippen LogP contribution >= 0.6 is 66.4 Å². The van der Waals surface area contributed by atoms with Crippen molar-refractivity contribution in [3.63, 3.8) is 0 Å². The fourth-order valence-electron chi connectivity index (χ4n) is 1.99. The van der Waals surface area contributed by atoms with E-state index in [4.69, 9.17) is 23.2 Å². The van der Waals surface area contributed by atoms with Crippen molar-refractivity contribution in [2.24, 2.45) is 0 Å². The molecule has 0 aliphatic heterocycles. The highest BCUT2D eigenvalue weighted by molar-refractivity contribution is 9.12. The topological polar surface area (TPSA) is 12.0 Å². The lowest BCUT2D eigenvalue weighted by Gasteiger charge is -2.21. The van der Waals surface area contributed by atoms with Gasteiger partial charge in [-0.15, -0.1) is 11.3 Å². The van der Waals surface area contributed by atoms with Crippen LogP contribution in [0, 0.1) is 0 Å². The second-order valence-electron chi connectivity index (χ2n) is 4.30. The maximum atomic E-state index is 6.36. The lowest BCUT2D eigenvalue weighted by atomic mass is 10.0. The molecule has 1 unspecified atom stereocenters. The quantitative estimate of drug-likeness (QED) is 0.528.